The number of phenols is 1. The number of aliphatic hydroxyl groups is 1. The van der Waals surface area contributed by atoms with E-state index in [0.29, 0.717) is 30.5 Å². The van der Waals surface area contributed by atoms with Crippen LogP contribution in [-0.4, -0.2) is 40.2 Å². The smallest absolute Gasteiger partial charge is 0.257 e. The van der Waals surface area contributed by atoms with Crippen LogP contribution in [0.25, 0.3) is 10.8 Å². The maximum atomic E-state index is 12.3. The molecule has 1 atom stereocenters. The minimum absolute atomic E-state index is 0.0180. The van der Waals surface area contributed by atoms with Gasteiger partial charge >= 0.3 is 0 Å². The zero-order valence-electron chi connectivity index (χ0n) is 10.4. The minimum atomic E-state index is -0.452. The van der Waals surface area contributed by atoms with Crippen molar-refractivity contribution in [2.24, 2.45) is 0 Å². The number of hydrogen-bond donors (Lipinski definition) is 2. The number of rotatable bonds is 1. The molecule has 0 saturated carbocycles. The molecule has 4 nitrogen and oxygen atoms in total. The van der Waals surface area contributed by atoms with Gasteiger partial charge in [0.2, 0.25) is 0 Å². The standard InChI is InChI=1S/C15H15NO3/c17-11-7-8-16(9-11)15(19)13-6-5-10-3-1-2-4-12(10)14(13)18/h1-6,11,17-18H,7-9H2/t11-/m0/s1. The number of β-amino-alcohol motifs (C(OH)–C–C–N with tert-alkyl or cyclic N) is 1. The van der Waals surface area contributed by atoms with Crippen molar-refractivity contribution in [3.63, 3.8) is 0 Å². The zero-order chi connectivity index (χ0) is 13.4. The summed E-state index contributed by atoms with van der Waals surface area (Å²) in [6, 6.07) is 10.9. The number of aliphatic hydroxyl groups excluding tert-OH is 1. The Morgan fingerprint density at radius 2 is 2.00 bits per heavy atom. The predicted octanol–water partition coefficient (Wildman–Crippen LogP) is 1.75. The van der Waals surface area contributed by atoms with Gasteiger partial charge in [0, 0.05) is 18.5 Å². The average Bonchev–Trinajstić information content (AvgIpc) is 2.85. The van der Waals surface area contributed by atoms with Gasteiger partial charge in [0.1, 0.15) is 5.75 Å². The van der Waals surface area contributed by atoms with E-state index in [-0.39, 0.29) is 11.7 Å². The highest BCUT2D eigenvalue weighted by molar-refractivity contribution is 6.03. The van der Waals surface area contributed by atoms with Gasteiger partial charge in [-0.2, -0.15) is 0 Å². The summed E-state index contributed by atoms with van der Waals surface area (Å²) in [6.45, 7) is 0.872. The van der Waals surface area contributed by atoms with Crippen LogP contribution in [0.3, 0.4) is 0 Å². The molecule has 0 radical (unpaired) electrons. The van der Waals surface area contributed by atoms with E-state index in [1.807, 2.05) is 24.3 Å². The summed E-state index contributed by atoms with van der Waals surface area (Å²) in [4.78, 5) is 13.9. The largest absolute Gasteiger partial charge is 0.506 e. The Morgan fingerprint density at radius 1 is 1.21 bits per heavy atom. The summed E-state index contributed by atoms with van der Waals surface area (Å²) in [5.74, 6) is -0.204. The van der Waals surface area contributed by atoms with E-state index < -0.39 is 6.10 Å². The number of nitrogens with zero attached hydrogens (tertiary/aromatic N) is 1. The van der Waals surface area contributed by atoms with Crippen LogP contribution in [0.15, 0.2) is 36.4 Å². The molecule has 2 N–H and O–H groups in total. The first-order valence-electron chi connectivity index (χ1n) is 6.35. The van der Waals surface area contributed by atoms with E-state index in [2.05, 4.69) is 0 Å². The lowest BCUT2D eigenvalue weighted by molar-refractivity contribution is 0.0762. The Hall–Kier alpha value is -2.07. The van der Waals surface area contributed by atoms with Crippen LogP contribution in [0.2, 0.25) is 0 Å². The quantitative estimate of drug-likeness (QED) is 0.818. The summed E-state index contributed by atoms with van der Waals surface area (Å²) in [5.41, 5.74) is 0.299. The fourth-order valence-corrected chi connectivity index (χ4v) is 2.52. The predicted molar refractivity (Wildman–Crippen MR) is 72.1 cm³/mol. The van der Waals surface area contributed by atoms with E-state index in [9.17, 15) is 15.0 Å². The van der Waals surface area contributed by atoms with Crippen molar-refractivity contribution in [2.75, 3.05) is 13.1 Å². The van der Waals surface area contributed by atoms with Gasteiger partial charge in [-0.05, 0) is 17.9 Å². The summed E-state index contributed by atoms with van der Waals surface area (Å²) >= 11 is 0. The van der Waals surface area contributed by atoms with Crippen LogP contribution in [0.1, 0.15) is 16.8 Å². The van der Waals surface area contributed by atoms with E-state index in [0.717, 1.165) is 5.39 Å². The van der Waals surface area contributed by atoms with Crippen LogP contribution in [-0.2, 0) is 0 Å². The number of carbonyl (C=O) groups is 1. The number of fused-ring (bicyclic) bond motifs is 1. The van der Waals surface area contributed by atoms with Gasteiger partial charge in [-0.3, -0.25) is 4.79 Å². The maximum absolute atomic E-state index is 12.3. The number of hydrogen-bond acceptors (Lipinski definition) is 3. The number of carbonyl (C=O) groups excluding carboxylic acids is 1. The first kappa shape index (κ1) is 12.0. The number of benzene rings is 2. The van der Waals surface area contributed by atoms with Gasteiger partial charge in [0.15, 0.2) is 0 Å². The summed E-state index contributed by atoms with van der Waals surface area (Å²) in [6.07, 6.45) is 0.145. The van der Waals surface area contributed by atoms with Crippen LogP contribution in [0.4, 0.5) is 0 Å². The molecule has 0 spiro atoms. The molecule has 1 aliphatic heterocycles. The lowest BCUT2D eigenvalue weighted by Gasteiger charge is -2.17. The van der Waals surface area contributed by atoms with Gasteiger partial charge in [0.05, 0.1) is 11.7 Å². The summed E-state index contributed by atoms with van der Waals surface area (Å²) in [5, 5.41) is 21.3. The van der Waals surface area contributed by atoms with Crippen molar-refractivity contribution in [1.82, 2.24) is 4.90 Å². The van der Waals surface area contributed by atoms with Gasteiger partial charge in [-0.15, -0.1) is 0 Å². The Morgan fingerprint density at radius 3 is 2.74 bits per heavy atom. The first-order chi connectivity index (χ1) is 9.16. The Bertz CT molecular complexity index is 638. The highest BCUT2D eigenvalue weighted by atomic mass is 16.3. The van der Waals surface area contributed by atoms with E-state index in [1.54, 1.807) is 17.0 Å². The first-order valence-corrected chi connectivity index (χ1v) is 6.35. The van der Waals surface area contributed by atoms with Crippen LogP contribution in [0.5, 0.6) is 5.75 Å². The molecule has 0 bridgehead atoms. The van der Waals surface area contributed by atoms with Gasteiger partial charge in [-0.1, -0.05) is 30.3 Å². The SMILES string of the molecule is O=C(c1ccc2ccccc2c1O)N1CC[C@H](O)C1. The van der Waals surface area contributed by atoms with Crippen molar-refractivity contribution in [1.29, 1.82) is 0 Å². The molecular weight excluding hydrogens is 242 g/mol. The number of aromatic hydroxyl groups is 1. The highest BCUT2D eigenvalue weighted by Crippen LogP contribution is 2.30. The molecule has 1 saturated heterocycles. The minimum Gasteiger partial charge on any atom is -0.506 e. The Kier molecular flexibility index (Phi) is 2.87. The van der Waals surface area contributed by atoms with Gasteiger partial charge in [-0.25, -0.2) is 0 Å². The number of phenolic OH excluding ortho intramolecular Hbond substituents is 1. The van der Waals surface area contributed by atoms with Crippen molar-refractivity contribution in [3.05, 3.63) is 42.0 Å². The van der Waals surface area contributed by atoms with Crippen molar-refractivity contribution in [3.8, 4) is 5.75 Å². The fourth-order valence-electron chi connectivity index (χ4n) is 2.52. The second-order valence-electron chi connectivity index (χ2n) is 4.88. The maximum Gasteiger partial charge on any atom is 0.257 e. The van der Waals surface area contributed by atoms with E-state index in [4.69, 9.17) is 0 Å². The molecule has 98 valence electrons. The lowest BCUT2D eigenvalue weighted by atomic mass is 10.0. The Balaban J connectivity index is 2.01. The monoisotopic (exact) mass is 257 g/mol. The second-order valence-corrected chi connectivity index (χ2v) is 4.88. The van der Waals surface area contributed by atoms with Crippen molar-refractivity contribution < 1.29 is 15.0 Å². The third-order valence-corrected chi connectivity index (χ3v) is 3.58. The molecular formula is C15H15NO3. The molecule has 0 unspecified atom stereocenters. The summed E-state index contributed by atoms with van der Waals surface area (Å²) < 4.78 is 0. The molecule has 1 heterocycles. The third kappa shape index (κ3) is 2.04. The average molecular weight is 257 g/mol. The fraction of sp³-hybridized carbons (Fsp3) is 0.267. The highest BCUT2D eigenvalue weighted by Gasteiger charge is 2.27. The molecule has 1 amide bonds. The molecule has 2 aromatic rings. The van der Waals surface area contributed by atoms with Crippen LogP contribution >= 0.6 is 0 Å². The van der Waals surface area contributed by atoms with Gasteiger partial charge < -0.3 is 15.1 Å². The van der Waals surface area contributed by atoms with Crippen LogP contribution < -0.4 is 0 Å². The van der Waals surface area contributed by atoms with E-state index >= 15 is 0 Å². The Labute approximate surface area is 110 Å². The number of likely N-dealkylation sites (tertiary alicyclic amines) is 1. The molecule has 0 aliphatic carbocycles. The van der Waals surface area contributed by atoms with E-state index in [1.165, 1.54) is 0 Å². The second kappa shape index (κ2) is 4.55. The zero-order valence-corrected chi connectivity index (χ0v) is 10.4. The third-order valence-electron chi connectivity index (χ3n) is 3.58. The van der Waals surface area contributed by atoms with Crippen LogP contribution in [0, 0.1) is 0 Å². The molecule has 4 heteroatoms. The topological polar surface area (TPSA) is 60.8 Å². The normalized spacial score (nSPS) is 19.0. The molecule has 3 rings (SSSR count). The number of amides is 1. The lowest BCUT2D eigenvalue weighted by Crippen LogP contribution is -2.29. The molecule has 19 heavy (non-hydrogen) atoms. The van der Waals surface area contributed by atoms with Crippen molar-refractivity contribution >= 4 is 16.7 Å². The molecule has 1 aliphatic rings. The molecule has 0 aromatic heterocycles. The van der Waals surface area contributed by atoms with Crippen molar-refractivity contribution in [2.45, 2.75) is 12.5 Å². The molecule has 2 aromatic carbocycles. The summed E-state index contributed by atoms with van der Waals surface area (Å²) in [7, 11) is 0. The molecule has 1 fully saturated rings. The van der Waals surface area contributed by atoms with Gasteiger partial charge in [0.25, 0.3) is 5.91 Å².